The van der Waals surface area contributed by atoms with Crippen LogP contribution in [0.25, 0.3) is 0 Å². The van der Waals surface area contributed by atoms with Crippen molar-refractivity contribution in [2.45, 2.75) is 57.0 Å². The number of hydrogen-bond donors (Lipinski definition) is 1. The maximum absolute atomic E-state index is 3.33. The molecule has 0 aliphatic heterocycles. The molecule has 1 N–H and O–H groups in total. The summed E-state index contributed by atoms with van der Waals surface area (Å²) in [5, 5.41) is 3.33. The lowest BCUT2D eigenvalue weighted by molar-refractivity contribution is 0.0371. The van der Waals surface area contributed by atoms with E-state index in [1.807, 2.05) is 0 Å². The molecule has 2 aliphatic rings. The molecule has 2 nitrogen and oxygen atoms in total. The van der Waals surface area contributed by atoms with Crippen molar-refractivity contribution in [3.05, 3.63) is 0 Å². The fourth-order valence-corrected chi connectivity index (χ4v) is 3.35. The van der Waals surface area contributed by atoms with Gasteiger partial charge in [0.05, 0.1) is 0 Å². The zero-order valence-corrected chi connectivity index (χ0v) is 10.3. The second-order valence-electron chi connectivity index (χ2n) is 5.42. The van der Waals surface area contributed by atoms with Crippen LogP contribution in [0.3, 0.4) is 0 Å². The van der Waals surface area contributed by atoms with Gasteiger partial charge in [-0.2, -0.15) is 0 Å². The van der Waals surface area contributed by atoms with Gasteiger partial charge in [-0.15, -0.1) is 0 Å². The van der Waals surface area contributed by atoms with Crippen molar-refractivity contribution in [1.82, 2.24) is 10.2 Å². The van der Waals surface area contributed by atoms with E-state index in [-0.39, 0.29) is 0 Å². The average Bonchev–Trinajstić information content (AvgIpc) is 2.25. The lowest BCUT2D eigenvalue weighted by Crippen LogP contribution is -2.52. The molecule has 2 unspecified atom stereocenters. The Morgan fingerprint density at radius 3 is 2.33 bits per heavy atom. The molecule has 0 heterocycles. The molecule has 88 valence electrons. The number of rotatable bonds is 4. The summed E-state index contributed by atoms with van der Waals surface area (Å²) in [6, 6.07) is 1.77. The van der Waals surface area contributed by atoms with Gasteiger partial charge in [-0.3, -0.25) is 0 Å². The third-order valence-electron chi connectivity index (χ3n) is 4.52. The molecule has 2 atom stereocenters. The van der Waals surface area contributed by atoms with Crippen molar-refractivity contribution < 1.29 is 0 Å². The first-order valence-corrected chi connectivity index (χ1v) is 6.69. The van der Waals surface area contributed by atoms with Gasteiger partial charge in [-0.1, -0.05) is 19.3 Å². The van der Waals surface area contributed by atoms with Gasteiger partial charge < -0.3 is 10.2 Å². The summed E-state index contributed by atoms with van der Waals surface area (Å²) in [7, 11) is 4.44. The van der Waals surface area contributed by atoms with E-state index in [9.17, 15) is 0 Å². The molecule has 15 heavy (non-hydrogen) atoms. The molecule has 0 aromatic rings. The first-order chi connectivity index (χ1) is 7.33. The third kappa shape index (κ3) is 2.54. The van der Waals surface area contributed by atoms with E-state index in [4.69, 9.17) is 0 Å². The lowest BCUT2D eigenvalue weighted by Gasteiger charge is -2.47. The minimum Gasteiger partial charge on any atom is -0.319 e. The van der Waals surface area contributed by atoms with Gasteiger partial charge in [0.25, 0.3) is 0 Å². The summed E-state index contributed by atoms with van der Waals surface area (Å²) in [5.41, 5.74) is 0. The van der Waals surface area contributed by atoms with Crippen molar-refractivity contribution in [1.29, 1.82) is 0 Å². The summed E-state index contributed by atoms with van der Waals surface area (Å²) in [6.45, 7) is 1.21. The van der Waals surface area contributed by atoms with Crippen molar-refractivity contribution >= 4 is 0 Å². The van der Waals surface area contributed by atoms with E-state index >= 15 is 0 Å². The van der Waals surface area contributed by atoms with Gasteiger partial charge in [0, 0.05) is 12.1 Å². The van der Waals surface area contributed by atoms with Gasteiger partial charge in [0.1, 0.15) is 0 Å². The topological polar surface area (TPSA) is 15.3 Å². The van der Waals surface area contributed by atoms with Gasteiger partial charge in [0.15, 0.2) is 0 Å². The second kappa shape index (κ2) is 5.31. The lowest BCUT2D eigenvalue weighted by atomic mass is 9.77. The maximum atomic E-state index is 3.33. The Bertz CT molecular complexity index is 187. The van der Waals surface area contributed by atoms with E-state index in [1.165, 1.54) is 51.5 Å². The molecule has 2 fully saturated rings. The molecule has 2 heteroatoms. The third-order valence-corrected chi connectivity index (χ3v) is 4.52. The largest absolute Gasteiger partial charge is 0.319 e. The molecule has 0 radical (unpaired) electrons. The summed E-state index contributed by atoms with van der Waals surface area (Å²) in [4.78, 5) is 2.70. The Balaban J connectivity index is 1.81. The van der Waals surface area contributed by atoms with Gasteiger partial charge in [0.2, 0.25) is 0 Å². The zero-order chi connectivity index (χ0) is 10.7. The molecule has 0 saturated heterocycles. The summed E-state index contributed by atoms with van der Waals surface area (Å²) in [5.74, 6) is 0.918. The van der Waals surface area contributed by atoms with Crippen molar-refractivity contribution in [2.75, 3.05) is 20.6 Å². The first kappa shape index (κ1) is 11.4. The van der Waals surface area contributed by atoms with Crippen LogP contribution < -0.4 is 5.32 Å². The molecule has 2 saturated carbocycles. The molecule has 0 amide bonds. The van der Waals surface area contributed by atoms with Crippen molar-refractivity contribution in [2.24, 2.45) is 5.92 Å². The molecular weight excluding hydrogens is 184 g/mol. The SMILES string of the molecule is CNCC1CCC1N(C)C1CCCCC1. The molecule has 2 rings (SSSR count). The highest BCUT2D eigenvalue weighted by Crippen LogP contribution is 2.34. The van der Waals surface area contributed by atoms with E-state index in [0.717, 1.165) is 18.0 Å². The minimum absolute atomic E-state index is 0.876. The maximum Gasteiger partial charge on any atom is 0.0136 e. The Morgan fingerprint density at radius 1 is 1.07 bits per heavy atom. The number of nitrogens with one attached hydrogen (secondary N) is 1. The first-order valence-electron chi connectivity index (χ1n) is 6.69. The Hall–Kier alpha value is -0.0800. The molecule has 0 bridgehead atoms. The Morgan fingerprint density at radius 2 is 1.80 bits per heavy atom. The molecular formula is C13H26N2. The van der Waals surface area contributed by atoms with Gasteiger partial charge in [-0.25, -0.2) is 0 Å². The monoisotopic (exact) mass is 210 g/mol. The Labute approximate surface area is 94.4 Å². The van der Waals surface area contributed by atoms with Crippen LogP contribution in [0.1, 0.15) is 44.9 Å². The highest BCUT2D eigenvalue weighted by molar-refractivity contribution is 4.91. The standard InChI is InChI=1S/C13H26N2/c1-14-10-11-8-9-13(11)15(2)12-6-4-3-5-7-12/h11-14H,3-10H2,1-2H3. The van der Waals surface area contributed by atoms with Gasteiger partial charge >= 0.3 is 0 Å². The quantitative estimate of drug-likeness (QED) is 0.765. The minimum atomic E-state index is 0.876. The fraction of sp³-hybridized carbons (Fsp3) is 1.00. The number of nitrogens with zero attached hydrogens (tertiary/aromatic N) is 1. The van der Waals surface area contributed by atoms with Crippen LogP contribution in [-0.4, -0.2) is 37.6 Å². The fourth-order valence-electron chi connectivity index (χ4n) is 3.35. The van der Waals surface area contributed by atoms with E-state index in [2.05, 4.69) is 24.3 Å². The van der Waals surface area contributed by atoms with Crippen LogP contribution in [0.15, 0.2) is 0 Å². The van der Waals surface area contributed by atoms with Crippen LogP contribution in [0.5, 0.6) is 0 Å². The van der Waals surface area contributed by atoms with Crippen LogP contribution >= 0.6 is 0 Å². The predicted molar refractivity (Wildman–Crippen MR) is 65.1 cm³/mol. The molecule has 0 aromatic heterocycles. The van der Waals surface area contributed by atoms with E-state index in [1.54, 1.807) is 0 Å². The van der Waals surface area contributed by atoms with E-state index in [0.29, 0.717) is 0 Å². The highest BCUT2D eigenvalue weighted by Gasteiger charge is 2.36. The van der Waals surface area contributed by atoms with E-state index < -0.39 is 0 Å². The van der Waals surface area contributed by atoms with Crippen molar-refractivity contribution in [3.63, 3.8) is 0 Å². The smallest absolute Gasteiger partial charge is 0.0136 e. The van der Waals surface area contributed by atoms with Crippen LogP contribution in [0, 0.1) is 5.92 Å². The number of hydrogen-bond acceptors (Lipinski definition) is 2. The zero-order valence-electron chi connectivity index (χ0n) is 10.3. The van der Waals surface area contributed by atoms with Crippen LogP contribution in [0.4, 0.5) is 0 Å². The average molecular weight is 210 g/mol. The summed E-state index contributed by atoms with van der Waals surface area (Å²) < 4.78 is 0. The van der Waals surface area contributed by atoms with Crippen LogP contribution in [0.2, 0.25) is 0 Å². The normalized spacial score (nSPS) is 33.0. The van der Waals surface area contributed by atoms with Crippen LogP contribution in [-0.2, 0) is 0 Å². The van der Waals surface area contributed by atoms with Gasteiger partial charge in [-0.05, 0) is 52.2 Å². The highest BCUT2D eigenvalue weighted by atomic mass is 15.2. The predicted octanol–water partition coefficient (Wildman–Crippen LogP) is 2.25. The summed E-state index contributed by atoms with van der Waals surface area (Å²) >= 11 is 0. The molecule has 0 aromatic carbocycles. The Kier molecular flexibility index (Phi) is 4.04. The second-order valence-corrected chi connectivity index (χ2v) is 5.42. The molecule has 0 spiro atoms. The molecule has 2 aliphatic carbocycles. The van der Waals surface area contributed by atoms with Crippen molar-refractivity contribution in [3.8, 4) is 0 Å². The summed E-state index contributed by atoms with van der Waals surface area (Å²) in [6.07, 6.45) is 10.1.